The highest BCUT2D eigenvalue weighted by Gasteiger charge is 2.37. The standard InChI is InChI=1S/C32H33Cl2F2N3O9S/c1-37(2)30(40)21-4-3-5-22(12-21)49(43,44)39-10-11-45-29(17-39)31(41)47-27(14-23-24(33)15-38(42)16-25(23)34)20-8-9-26(48-32(35)36)28(13-20)46-18-19-6-7-19/h3-5,8-9,12-13,15-16,19,27,29,32H,6-7,10-11,14,17-18H2,1-2H3. The number of benzene rings is 2. The number of carbonyl (C=O) groups is 2. The minimum absolute atomic E-state index is 0.00503. The second kappa shape index (κ2) is 15.4. The molecule has 1 aliphatic carbocycles. The minimum atomic E-state index is -4.17. The van der Waals surface area contributed by atoms with E-state index < -0.39 is 41.4 Å². The molecule has 17 heteroatoms. The second-order valence-electron chi connectivity index (χ2n) is 11.7. The van der Waals surface area contributed by atoms with Crippen LogP contribution in [0.25, 0.3) is 0 Å². The van der Waals surface area contributed by atoms with E-state index in [1.54, 1.807) is 14.1 Å². The molecule has 0 bridgehead atoms. The smallest absolute Gasteiger partial charge is 0.387 e. The molecule has 1 saturated carbocycles. The molecule has 1 amide bonds. The zero-order chi connectivity index (χ0) is 35.5. The van der Waals surface area contributed by atoms with Gasteiger partial charge in [-0.05, 0) is 54.7 Å². The summed E-state index contributed by atoms with van der Waals surface area (Å²) < 4.78 is 77.0. The first-order valence-corrected chi connectivity index (χ1v) is 17.3. The van der Waals surface area contributed by atoms with Crippen molar-refractivity contribution in [1.82, 2.24) is 9.21 Å². The quantitative estimate of drug-likeness (QED) is 0.139. The lowest BCUT2D eigenvalue weighted by Crippen LogP contribution is -2.49. The summed E-state index contributed by atoms with van der Waals surface area (Å²) >= 11 is 12.7. The number of carbonyl (C=O) groups excluding carboxylic acids is 2. The van der Waals surface area contributed by atoms with Gasteiger partial charge in [0.05, 0.1) is 24.7 Å². The van der Waals surface area contributed by atoms with Crippen LogP contribution in [0.4, 0.5) is 8.78 Å². The number of hydrogen-bond acceptors (Lipinski definition) is 9. The topological polar surface area (TPSA) is 139 Å². The van der Waals surface area contributed by atoms with Crippen LogP contribution in [0.2, 0.25) is 10.0 Å². The van der Waals surface area contributed by atoms with Crippen molar-refractivity contribution < 1.29 is 50.5 Å². The van der Waals surface area contributed by atoms with Crippen LogP contribution in [0.15, 0.2) is 59.8 Å². The van der Waals surface area contributed by atoms with E-state index in [1.165, 1.54) is 47.4 Å². The fourth-order valence-corrected chi connectivity index (χ4v) is 7.13. The molecule has 264 valence electrons. The molecular weight excluding hydrogens is 711 g/mol. The van der Waals surface area contributed by atoms with Gasteiger partial charge < -0.3 is 29.1 Å². The molecular formula is C32H33Cl2F2N3O9S. The first-order chi connectivity index (χ1) is 23.2. The third-order valence-corrected chi connectivity index (χ3v) is 10.4. The van der Waals surface area contributed by atoms with Gasteiger partial charge in [0.1, 0.15) is 16.1 Å². The predicted molar refractivity (Wildman–Crippen MR) is 172 cm³/mol. The van der Waals surface area contributed by atoms with Crippen LogP contribution in [-0.4, -0.2) is 82.6 Å². The lowest BCUT2D eigenvalue weighted by molar-refractivity contribution is -0.605. The van der Waals surface area contributed by atoms with Gasteiger partial charge in [-0.2, -0.15) is 17.8 Å². The van der Waals surface area contributed by atoms with E-state index in [0.717, 1.165) is 29.5 Å². The van der Waals surface area contributed by atoms with E-state index in [-0.39, 0.29) is 81.1 Å². The fourth-order valence-electron chi connectivity index (χ4n) is 5.06. The predicted octanol–water partition coefficient (Wildman–Crippen LogP) is 4.64. The Morgan fingerprint density at radius 2 is 1.82 bits per heavy atom. The van der Waals surface area contributed by atoms with Crippen LogP contribution in [0.5, 0.6) is 11.5 Å². The number of rotatable bonds is 13. The molecule has 2 unspecified atom stereocenters. The minimum Gasteiger partial charge on any atom is -0.619 e. The fraction of sp³-hybridized carbons (Fsp3) is 0.406. The van der Waals surface area contributed by atoms with Crippen LogP contribution in [-0.2, 0) is 30.7 Å². The van der Waals surface area contributed by atoms with Gasteiger partial charge in [0, 0.05) is 38.2 Å². The Morgan fingerprint density at radius 3 is 2.47 bits per heavy atom. The SMILES string of the molecule is CN(C)C(=O)c1cccc(S(=O)(=O)N2CCOC(C(=O)OC(Cc3c(Cl)c[n+]([O-])cc3Cl)c3ccc(OC(F)F)c(OCC4CC4)c3)C2)c1. The Hall–Kier alpha value is -3.76. The van der Waals surface area contributed by atoms with Gasteiger partial charge in [-0.15, -0.1) is 0 Å². The molecule has 2 heterocycles. The van der Waals surface area contributed by atoms with Crippen molar-refractivity contribution in [2.75, 3.05) is 40.4 Å². The first kappa shape index (κ1) is 36.5. The Labute approximate surface area is 291 Å². The summed E-state index contributed by atoms with van der Waals surface area (Å²) in [4.78, 5) is 27.3. The molecule has 2 aromatic carbocycles. The van der Waals surface area contributed by atoms with Crippen LogP contribution < -0.4 is 14.2 Å². The van der Waals surface area contributed by atoms with Crippen molar-refractivity contribution in [1.29, 1.82) is 0 Å². The Bertz CT molecular complexity index is 1790. The number of hydrogen-bond donors (Lipinski definition) is 0. The number of amides is 1. The highest BCUT2D eigenvalue weighted by Crippen LogP contribution is 2.38. The van der Waals surface area contributed by atoms with Gasteiger partial charge >= 0.3 is 12.6 Å². The molecule has 0 radical (unpaired) electrons. The van der Waals surface area contributed by atoms with Crippen LogP contribution in [0, 0.1) is 11.1 Å². The molecule has 5 rings (SSSR count). The molecule has 3 aromatic rings. The molecule has 2 atom stereocenters. The molecule has 1 aromatic heterocycles. The third-order valence-electron chi connectivity index (χ3n) is 7.85. The molecule has 2 fully saturated rings. The van der Waals surface area contributed by atoms with Gasteiger partial charge in [0.15, 0.2) is 30.0 Å². The van der Waals surface area contributed by atoms with Crippen LogP contribution in [0.3, 0.4) is 0 Å². The normalized spacial score (nSPS) is 17.4. The number of morpholine rings is 1. The van der Waals surface area contributed by atoms with E-state index in [0.29, 0.717) is 4.73 Å². The molecule has 2 aliphatic rings. The molecule has 0 spiro atoms. The van der Waals surface area contributed by atoms with E-state index in [1.807, 2.05) is 0 Å². The summed E-state index contributed by atoms with van der Waals surface area (Å²) in [5.74, 6) is -1.27. The van der Waals surface area contributed by atoms with Crippen molar-refractivity contribution in [2.24, 2.45) is 5.92 Å². The second-order valence-corrected chi connectivity index (χ2v) is 14.5. The molecule has 1 saturated heterocycles. The van der Waals surface area contributed by atoms with Crippen molar-refractivity contribution in [3.63, 3.8) is 0 Å². The molecule has 0 N–H and O–H groups in total. The number of esters is 1. The summed E-state index contributed by atoms with van der Waals surface area (Å²) in [7, 11) is -1.08. The number of nitrogens with zero attached hydrogens (tertiary/aromatic N) is 3. The lowest BCUT2D eigenvalue weighted by atomic mass is 10.0. The average Bonchev–Trinajstić information content (AvgIpc) is 3.89. The Balaban J connectivity index is 1.41. The Kier molecular flexibility index (Phi) is 11.5. The Morgan fingerprint density at radius 1 is 1.10 bits per heavy atom. The summed E-state index contributed by atoms with van der Waals surface area (Å²) in [5, 5.41) is 11.8. The van der Waals surface area contributed by atoms with Gasteiger partial charge in [-0.3, -0.25) is 4.79 Å². The molecule has 49 heavy (non-hydrogen) atoms. The summed E-state index contributed by atoms with van der Waals surface area (Å²) in [6.07, 6.45) is 1.29. The van der Waals surface area contributed by atoms with Crippen molar-refractivity contribution in [2.45, 2.75) is 43.0 Å². The zero-order valence-corrected chi connectivity index (χ0v) is 28.7. The van der Waals surface area contributed by atoms with Crippen molar-refractivity contribution >= 4 is 45.1 Å². The van der Waals surface area contributed by atoms with Gasteiger partial charge in [-0.25, -0.2) is 13.2 Å². The zero-order valence-electron chi connectivity index (χ0n) is 26.4. The van der Waals surface area contributed by atoms with Crippen LogP contribution >= 0.6 is 23.2 Å². The average molecular weight is 745 g/mol. The monoisotopic (exact) mass is 743 g/mol. The number of aromatic nitrogens is 1. The van der Waals surface area contributed by atoms with Gasteiger partial charge in [-0.1, -0.05) is 35.3 Å². The maximum atomic E-state index is 13.6. The number of halogens is 4. The maximum Gasteiger partial charge on any atom is 0.387 e. The number of sulfonamides is 1. The number of ether oxygens (including phenoxy) is 4. The van der Waals surface area contributed by atoms with Gasteiger partial charge in [0.2, 0.25) is 10.0 Å². The van der Waals surface area contributed by atoms with Crippen molar-refractivity contribution in [3.8, 4) is 11.5 Å². The third kappa shape index (κ3) is 9.08. The van der Waals surface area contributed by atoms with Crippen molar-refractivity contribution in [3.05, 3.63) is 86.8 Å². The molecule has 12 nitrogen and oxygen atoms in total. The lowest BCUT2D eigenvalue weighted by Gasteiger charge is -2.32. The van der Waals surface area contributed by atoms with E-state index in [2.05, 4.69) is 4.74 Å². The van der Waals surface area contributed by atoms with Gasteiger partial charge in [0.25, 0.3) is 5.91 Å². The van der Waals surface area contributed by atoms with E-state index in [4.69, 9.17) is 37.4 Å². The molecule has 1 aliphatic heterocycles. The maximum absolute atomic E-state index is 13.6. The van der Waals surface area contributed by atoms with E-state index >= 15 is 0 Å². The largest absolute Gasteiger partial charge is 0.619 e. The highest BCUT2D eigenvalue weighted by atomic mass is 35.5. The summed E-state index contributed by atoms with van der Waals surface area (Å²) in [6.45, 7) is -3.47. The van der Waals surface area contributed by atoms with Crippen LogP contribution in [0.1, 0.15) is 40.4 Å². The first-order valence-electron chi connectivity index (χ1n) is 15.1. The van der Waals surface area contributed by atoms with E-state index in [9.17, 15) is 32.0 Å². The number of alkyl halides is 2. The highest BCUT2D eigenvalue weighted by molar-refractivity contribution is 7.89. The number of pyridine rings is 1. The summed E-state index contributed by atoms with van der Waals surface area (Å²) in [5.41, 5.74) is 0.709. The summed E-state index contributed by atoms with van der Waals surface area (Å²) in [6, 6.07) is 9.62.